The zero-order valence-corrected chi connectivity index (χ0v) is 22.2. The van der Waals surface area contributed by atoms with Gasteiger partial charge in [0.05, 0.1) is 0 Å². The number of benzene rings is 2. The highest BCUT2D eigenvalue weighted by Crippen LogP contribution is 2.57. The molecular weight excluding hydrogens is 410 g/mol. The molecule has 0 spiro atoms. The van der Waals surface area contributed by atoms with Crippen LogP contribution in [0.1, 0.15) is 95.6 Å². The molecule has 2 heteroatoms. The largest absolute Gasteiger partial charge is 0.105 e. The summed E-state index contributed by atoms with van der Waals surface area (Å²) in [5, 5.41) is 3.10. The molecule has 2 aromatic carbocycles. The summed E-state index contributed by atoms with van der Waals surface area (Å²) in [5.74, 6) is 1.44. The SMILES string of the molecule is Cc1cc(P)c(-c2ccccc2P(C2CCCCC2)C2CCC[C@H](C)C2)c(C(C)C)c1. The molecule has 2 aromatic rings. The van der Waals surface area contributed by atoms with Crippen LogP contribution in [0.15, 0.2) is 36.4 Å². The maximum atomic E-state index is 3.08. The van der Waals surface area contributed by atoms with Crippen molar-refractivity contribution in [3.05, 3.63) is 47.5 Å². The summed E-state index contributed by atoms with van der Waals surface area (Å²) >= 11 is 0. The third kappa shape index (κ3) is 5.28. The van der Waals surface area contributed by atoms with E-state index in [4.69, 9.17) is 0 Å². The molecule has 168 valence electrons. The van der Waals surface area contributed by atoms with Gasteiger partial charge in [-0.25, -0.2) is 0 Å². The number of aryl methyl sites for hydroxylation is 1. The van der Waals surface area contributed by atoms with Gasteiger partial charge in [0.25, 0.3) is 0 Å². The van der Waals surface area contributed by atoms with E-state index in [2.05, 4.69) is 73.3 Å². The predicted molar refractivity (Wildman–Crippen MR) is 145 cm³/mol. The summed E-state index contributed by atoms with van der Waals surface area (Å²) in [6, 6.07) is 14.4. The van der Waals surface area contributed by atoms with Gasteiger partial charge in [-0.3, -0.25) is 0 Å². The van der Waals surface area contributed by atoms with E-state index in [1.165, 1.54) is 79.8 Å². The molecule has 31 heavy (non-hydrogen) atoms. The van der Waals surface area contributed by atoms with Crippen LogP contribution in [0.25, 0.3) is 11.1 Å². The Morgan fingerprint density at radius 3 is 2.32 bits per heavy atom. The van der Waals surface area contributed by atoms with E-state index in [1.54, 1.807) is 10.9 Å². The molecule has 4 rings (SSSR count). The lowest BCUT2D eigenvalue weighted by Gasteiger charge is -2.41. The van der Waals surface area contributed by atoms with Crippen molar-refractivity contribution in [2.24, 2.45) is 5.92 Å². The fourth-order valence-corrected chi connectivity index (χ4v) is 10.9. The molecule has 4 atom stereocenters. The Hall–Kier alpha value is -0.700. The first-order chi connectivity index (χ1) is 15.0. The van der Waals surface area contributed by atoms with Gasteiger partial charge < -0.3 is 0 Å². The second-order valence-electron chi connectivity index (χ2n) is 10.6. The minimum Gasteiger partial charge on any atom is -0.105 e. The average Bonchev–Trinajstić information content (AvgIpc) is 2.75. The van der Waals surface area contributed by atoms with Crippen LogP contribution in [0.2, 0.25) is 0 Å². The number of hydrogen-bond donors (Lipinski definition) is 0. The molecule has 0 radical (unpaired) electrons. The van der Waals surface area contributed by atoms with E-state index in [0.717, 1.165) is 17.2 Å². The highest BCUT2D eigenvalue weighted by molar-refractivity contribution is 7.67. The Labute approximate surface area is 195 Å². The molecule has 0 bridgehead atoms. The summed E-state index contributed by atoms with van der Waals surface area (Å²) < 4.78 is 0. The standard InChI is InChI=1S/C29H42P2/c1-20(2)26-18-22(4)19-27(30)29(26)25-15-8-9-16-28(25)31(23-12-6-5-7-13-23)24-14-10-11-21(3)17-24/h8-9,15-16,18-21,23-24H,5-7,10-14,17,30H2,1-4H3/t21-,24?,31?/m0/s1. The van der Waals surface area contributed by atoms with E-state index in [1.807, 2.05) is 0 Å². The van der Waals surface area contributed by atoms with Crippen LogP contribution < -0.4 is 10.6 Å². The molecule has 0 aromatic heterocycles. The van der Waals surface area contributed by atoms with Crippen LogP contribution in [0.4, 0.5) is 0 Å². The van der Waals surface area contributed by atoms with Crippen LogP contribution in [0.3, 0.4) is 0 Å². The number of hydrogen-bond acceptors (Lipinski definition) is 0. The number of rotatable bonds is 5. The fourth-order valence-electron chi connectivity index (χ4n) is 6.23. The molecule has 0 saturated heterocycles. The summed E-state index contributed by atoms with van der Waals surface area (Å²) in [7, 11) is 2.95. The van der Waals surface area contributed by atoms with E-state index < -0.39 is 0 Å². The molecule has 2 saturated carbocycles. The Bertz CT molecular complexity index is 878. The lowest BCUT2D eigenvalue weighted by Crippen LogP contribution is -2.29. The van der Waals surface area contributed by atoms with Crippen molar-refractivity contribution in [3.63, 3.8) is 0 Å². The van der Waals surface area contributed by atoms with E-state index >= 15 is 0 Å². The van der Waals surface area contributed by atoms with Crippen molar-refractivity contribution in [2.45, 2.75) is 103 Å². The van der Waals surface area contributed by atoms with Crippen molar-refractivity contribution in [1.29, 1.82) is 0 Å². The molecule has 0 nitrogen and oxygen atoms in total. The van der Waals surface area contributed by atoms with Crippen LogP contribution in [0.5, 0.6) is 0 Å². The average molecular weight is 453 g/mol. The van der Waals surface area contributed by atoms with Gasteiger partial charge in [-0.15, -0.1) is 9.24 Å². The maximum absolute atomic E-state index is 3.08. The second kappa shape index (κ2) is 10.5. The monoisotopic (exact) mass is 452 g/mol. The normalized spacial score (nSPS) is 23.8. The van der Waals surface area contributed by atoms with Gasteiger partial charge in [0.1, 0.15) is 0 Å². The predicted octanol–water partition coefficient (Wildman–Crippen LogP) is 8.30. The first-order valence-electron chi connectivity index (χ1n) is 12.7. The van der Waals surface area contributed by atoms with Crippen molar-refractivity contribution in [2.75, 3.05) is 0 Å². The summed E-state index contributed by atoms with van der Waals surface area (Å²) in [5.41, 5.74) is 7.81. The van der Waals surface area contributed by atoms with Crippen molar-refractivity contribution in [1.82, 2.24) is 0 Å². The zero-order valence-electron chi connectivity index (χ0n) is 20.2. The fraction of sp³-hybridized carbons (Fsp3) is 0.586. The molecule has 0 N–H and O–H groups in total. The van der Waals surface area contributed by atoms with Gasteiger partial charge in [-0.2, -0.15) is 0 Å². The molecule has 0 heterocycles. The van der Waals surface area contributed by atoms with Crippen LogP contribution in [-0.2, 0) is 0 Å². The van der Waals surface area contributed by atoms with Gasteiger partial charge >= 0.3 is 0 Å². The first kappa shape index (κ1) is 23.5. The molecule has 0 amide bonds. The lowest BCUT2D eigenvalue weighted by atomic mass is 9.90. The van der Waals surface area contributed by atoms with Crippen molar-refractivity contribution in [3.8, 4) is 11.1 Å². The molecule has 0 aliphatic heterocycles. The highest BCUT2D eigenvalue weighted by Gasteiger charge is 2.35. The minimum atomic E-state index is -0.124. The molecule has 2 aliphatic rings. The third-order valence-electron chi connectivity index (χ3n) is 7.69. The van der Waals surface area contributed by atoms with Gasteiger partial charge in [0.2, 0.25) is 0 Å². The smallest absolute Gasteiger partial charge is 0.00709 e. The Balaban J connectivity index is 1.85. The summed E-state index contributed by atoms with van der Waals surface area (Å²) in [6.45, 7) is 9.47. The summed E-state index contributed by atoms with van der Waals surface area (Å²) in [6.07, 6.45) is 13.1. The van der Waals surface area contributed by atoms with Crippen molar-refractivity contribution >= 4 is 27.8 Å². The molecular formula is C29H42P2. The molecule has 2 fully saturated rings. The zero-order chi connectivity index (χ0) is 22.0. The van der Waals surface area contributed by atoms with Gasteiger partial charge in [0, 0.05) is 0 Å². The summed E-state index contributed by atoms with van der Waals surface area (Å²) in [4.78, 5) is 0. The van der Waals surface area contributed by atoms with Gasteiger partial charge in [-0.05, 0) is 83.1 Å². The van der Waals surface area contributed by atoms with E-state index in [9.17, 15) is 0 Å². The first-order valence-corrected chi connectivity index (χ1v) is 14.8. The quantitative estimate of drug-likeness (QED) is 0.400. The van der Waals surface area contributed by atoms with Gasteiger partial charge in [-0.1, -0.05) is 103 Å². The Morgan fingerprint density at radius 2 is 1.61 bits per heavy atom. The van der Waals surface area contributed by atoms with Gasteiger partial charge in [0.15, 0.2) is 0 Å². The lowest BCUT2D eigenvalue weighted by molar-refractivity contribution is 0.388. The van der Waals surface area contributed by atoms with E-state index in [-0.39, 0.29) is 7.92 Å². The topological polar surface area (TPSA) is 0 Å². The second-order valence-corrected chi connectivity index (χ2v) is 14.0. The third-order valence-corrected chi connectivity index (χ3v) is 11.6. The van der Waals surface area contributed by atoms with E-state index in [0.29, 0.717) is 5.92 Å². The molecule has 3 unspecified atom stereocenters. The minimum absolute atomic E-state index is 0.124. The van der Waals surface area contributed by atoms with Crippen LogP contribution in [0, 0.1) is 12.8 Å². The van der Waals surface area contributed by atoms with Crippen LogP contribution >= 0.6 is 17.2 Å². The molecule has 2 aliphatic carbocycles. The van der Waals surface area contributed by atoms with Crippen molar-refractivity contribution < 1.29 is 0 Å². The van der Waals surface area contributed by atoms with Crippen LogP contribution in [-0.4, -0.2) is 11.3 Å². The maximum Gasteiger partial charge on any atom is -0.00709 e. The Kier molecular flexibility index (Phi) is 7.94. The highest BCUT2D eigenvalue weighted by atomic mass is 31.1. The Morgan fingerprint density at radius 1 is 0.903 bits per heavy atom.